The molecule has 0 aromatic heterocycles. The Morgan fingerprint density at radius 2 is 1.00 bits per heavy atom. The van der Waals surface area contributed by atoms with Crippen LogP contribution in [0.25, 0.3) is 10.8 Å². The third-order valence-corrected chi connectivity index (χ3v) is 6.79. The number of unbranched alkanes of at least 4 members (excludes halogenated alkanes) is 15. The molecule has 0 saturated heterocycles. The lowest BCUT2D eigenvalue weighted by molar-refractivity contribution is 0.529. The normalized spacial score (nSPS) is 11.4. The summed E-state index contributed by atoms with van der Waals surface area (Å²) in [6.45, 7) is 4.60. The maximum absolute atomic E-state index is 2.38. The Balaban J connectivity index is 1.44. The predicted molar refractivity (Wildman–Crippen MR) is 137 cm³/mol. The van der Waals surface area contributed by atoms with Gasteiger partial charge in [0.15, 0.2) is 0 Å². The minimum absolute atomic E-state index is 1.15. The Kier molecular flexibility index (Phi) is 13.6. The maximum atomic E-state index is 2.38. The first-order valence-electron chi connectivity index (χ1n) is 13.4. The van der Waals surface area contributed by atoms with Crippen LogP contribution in [-0.4, -0.2) is 0 Å². The lowest BCUT2D eigenvalue weighted by atomic mass is 9.93. The van der Waals surface area contributed by atoms with Crippen LogP contribution in [0, 0.1) is 0 Å². The van der Waals surface area contributed by atoms with Gasteiger partial charge < -0.3 is 0 Å². The number of benzene rings is 2. The third-order valence-electron chi connectivity index (χ3n) is 6.79. The highest BCUT2D eigenvalue weighted by molar-refractivity contribution is 5.86. The molecule has 0 heterocycles. The Morgan fingerprint density at radius 3 is 1.53 bits per heavy atom. The van der Waals surface area contributed by atoms with Gasteiger partial charge in [-0.3, -0.25) is 0 Å². The van der Waals surface area contributed by atoms with Crippen molar-refractivity contribution in [3.05, 3.63) is 47.5 Å². The van der Waals surface area contributed by atoms with Gasteiger partial charge in [0.25, 0.3) is 0 Å². The summed E-state index contributed by atoms with van der Waals surface area (Å²) in [6, 6.07) is 13.6. The molecular weight excluding hydrogens is 360 g/mol. The fraction of sp³-hybridized carbons (Fsp3) is 0.667. The molecule has 0 aliphatic heterocycles. The first-order chi connectivity index (χ1) is 14.9. The fourth-order valence-electron chi connectivity index (χ4n) is 4.90. The predicted octanol–water partition coefficient (Wildman–Crippen LogP) is 10.2. The van der Waals surface area contributed by atoms with E-state index in [2.05, 4.69) is 50.2 Å². The Bertz CT molecular complexity index is 669. The van der Waals surface area contributed by atoms with Crippen LogP contribution in [-0.2, 0) is 12.8 Å². The van der Waals surface area contributed by atoms with Crippen LogP contribution in [0.5, 0.6) is 0 Å². The zero-order chi connectivity index (χ0) is 21.3. The quantitative estimate of drug-likeness (QED) is 0.215. The molecule has 0 aliphatic rings. The van der Waals surface area contributed by atoms with Gasteiger partial charge in [0.2, 0.25) is 0 Å². The van der Waals surface area contributed by atoms with E-state index >= 15 is 0 Å². The Hall–Kier alpha value is -1.30. The van der Waals surface area contributed by atoms with Gasteiger partial charge in [-0.15, -0.1) is 0 Å². The molecule has 0 saturated carbocycles. The largest absolute Gasteiger partial charge is 0.0654 e. The highest BCUT2D eigenvalue weighted by atomic mass is 14.1. The van der Waals surface area contributed by atoms with Crippen molar-refractivity contribution in [1.82, 2.24) is 0 Å². The van der Waals surface area contributed by atoms with E-state index in [0.717, 1.165) is 6.42 Å². The van der Waals surface area contributed by atoms with Crippen molar-refractivity contribution in [2.24, 2.45) is 0 Å². The molecule has 0 unspecified atom stereocenters. The molecule has 0 atom stereocenters. The van der Waals surface area contributed by atoms with Crippen molar-refractivity contribution in [2.45, 2.75) is 129 Å². The zero-order valence-corrected chi connectivity index (χ0v) is 20.2. The fourth-order valence-corrected chi connectivity index (χ4v) is 4.90. The molecule has 168 valence electrons. The average Bonchev–Trinajstić information content (AvgIpc) is 2.78. The van der Waals surface area contributed by atoms with Crippen LogP contribution < -0.4 is 0 Å². The van der Waals surface area contributed by atoms with Crippen molar-refractivity contribution < 1.29 is 0 Å². The van der Waals surface area contributed by atoms with Gasteiger partial charge in [-0.2, -0.15) is 0 Å². The van der Waals surface area contributed by atoms with Crippen LogP contribution >= 0.6 is 0 Å². The Morgan fingerprint density at radius 1 is 0.500 bits per heavy atom. The molecule has 0 bridgehead atoms. The van der Waals surface area contributed by atoms with Crippen molar-refractivity contribution >= 4 is 10.8 Å². The molecule has 30 heavy (non-hydrogen) atoms. The molecule has 0 radical (unpaired) electrons. The number of fused-ring (bicyclic) bond motifs is 1. The Labute approximate surface area is 187 Å². The van der Waals surface area contributed by atoms with E-state index in [9.17, 15) is 0 Å². The molecule has 0 heteroatoms. The van der Waals surface area contributed by atoms with E-state index in [0.29, 0.717) is 0 Å². The van der Waals surface area contributed by atoms with Crippen molar-refractivity contribution in [3.63, 3.8) is 0 Å². The number of aryl methyl sites for hydroxylation is 2. The van der Waals surface area contributed by atoms with Crippen LogP contribution in [0.3, 0.4) is 0 Å². The molecule has 0 N–H and O–H groups in total. The van der Waals surface area contributed by atoms with Gasteiger partial charge in [0.05, 0.1) is 0 Å². The van der Waals surface area contributed by atoms with Gasteiger partial charge in [-0.05, 0) is 41.2 Å². The number of hydrogen-bond acceptors (Lipinski definition) is 0. The third kappa shape index (κ3) is 9.67. The standard InChI is InChI=1S/C30H48/c1-3-5-6-7-8-9-10-11-12-13-14-15-16-17-18-19-22-27-25-26-28-23-20-21-24-30(28)29(27)4-2/h20-21,23-26H,3-19,22H2,1-2H3. The van der Waals surface area contributed by atoms with Crippen LogP contribution in [0.4, 0.5) is 0 Å². The minimum Gasteiger partial charge on any atom is -0.0654 e. The van der Waals surface area contributed by atoms with E-state index in [4.69, 9.17) is 0 Å². The summed E-state index contributed by atoms with van der Waals surface area (Å²) in [4.78, 5) is 0. The lowest BCUT2D eigenvalue weighted by Gasteiger charge is -2.12. The smallest absolute Gasteiger partial charge is 0.0149 e. The molecule has 0 nitrogen and oxygen atoms in total. The first kappa shape index (κ1) is 25.0. The highest BCUT2D eigenvalue weighted by Gasteiger charge is 2.05. The molecule has 0 amide bonds. The zero-order valence-electron chi connectivity index (χ0n) is 20.2. The summed E-state index contributed by atoms with van der Waals surface area (Å²) < 4.78 is 0. The van der Waals surface area contributed by atoms with Gasteiger partial charge in [-0.1, -0.05) is 147 Å². The second-order valence-corrected chi connectivity index (χ2v) is 9.33. The van der Waals surface area contributed by atoms with Gasteiger partial charge in [0.1, 0.15) is 0 Å². The molecular formula is C30H48. The molecule has 2 aromatic carbocycles. The maximum Gasteiger partial charge on any atom is -0.0149 e. The van der Waals surface area contributed by atoms with E-state index in [1.54, 1.807) is 11.1 Å². The highest BCUT2D eigenvalue weighted by Crippen LogP contribution is 2.24. The minimum atomic E-state index is 1.15. The van der Waals surface area contributed by atoms with Gasteiger partial charge >= 0.3 is 0 Å². The van der Waals surface area contributed by atoms with Crippen molar-refractivity contribution in [2.75, 3.05) is 0 Å². The van der Waals surface area contributed by atoms with Gasteiger partial charge in [-0.25, -0.2) is 0 Å². The molecule has 0 fully saturated rings. The van der Waals surface area contributed by atoms with Crippen LogP contribution in [0.2, 0.25) is 0 Å². The number of rotatable bonds is 18. The van der Waals surface area contributed by atoms with Crippen molar-refractivity contribution in [1.29, 1.82) is 0 Å². The molecule has 0 aliphatic carbocycles. The summed E-state index contributed by atoms with van der Waals surface area (Å²) in [5.41, 5.74) is 3.16. The summed E-state index contributed by atoms with van der Waals surface area (Å²) >= 11 is 0. The van der Waals surface area contributed by atoms with Crippen LogP contribution in [0.15, 0.2) is 36.4 Å². The first-order valence-corrected chi connectivity index (χ1v) is 13.4. The molecule has 2 aromatic rings. The monoisotopic (exact) mass is 408 g/mol. The van der Waals surface area contributed by atoms with E-state index in [1.165, 1.54) is 120 Å². The average molecular weight is 409 g/mol. The number of hydrogen-bond donors (Lipinski definition) is 0. The molecule has 0 spiro atoms. The van der Waals surface area contributed by atoms with Gasteiger partial charge in [0, 0.05) is 0 Å². The summed E-state index contributed by atoms with van der Waals surface area (Å²) in [6.07, 6.45) is 25.5. The summed E-state index contributed by atoms with van der Waals surface area (Å²) in [5.74, 6) is 0. The lowest BCUT2D eigenvalue weighted by Crippen LogP contribution is -1.95. The van der Waals surface area contributed by atoms with E-state index in [1.807, 2.05) is 0 Å². The topological polar surface area (TPSA) is 0 Å². The SMILES string of the molecule is CCCCCCCCCCCCCCCCCCc1ccc2ccccc2c1CC. The second kappa shape index (κ2) is 16.4. The summed E-state index contributed by atoms with van der Waals surface area (Å²) in [7, 11) is 0. The molecule has 2 rings (SSSR count). The van der Waals surface area contributed by atoms with Crippen LogP contribution in [0.1, 0.15) is 128 Å². The summed E-state index contributed by atoms with van der Waals surface area (Å²) in [5, 5.41) is 2.86. The van der Waals surface area contributed by atoms with Crippen molar-refractivity contribution in [3.8, 4) is 0 Å². The van der Waals surface area contributed by atoms with E-state index < -0.39 is 0 Å². The second-order valence-electron chi connectivity index (χ2n) is 9.33. The van der Waals surface area contributed by atoms with E-state index in [-0.39, 0.29) is 0 Å².